The van der Waals surface area contributed by atoms with Gasteiger partial charge in [0.1, 0.15) is 0 Å². The van der Waals surface area contributed by atoms with E-state index in [1.165, 1.54) is 18.4 Å². The Morgan fingerprint density at radius 1 is 1.21 bits per heavy atom. The number of rotatable bonds is 4. The van der Waals surface area contributed by atoms with Gasteiger partial charge in [0.05, 0.1) is 0 Å². The minimum absolute atomic E-state index is 0.233. The van der Waals surface area contributed by atoms with E-state index < -0.39 is 0 Å². The van der Waals surface area contributed by atoms with Crippen LogP contribution in [0.15, 0.2) is 30.3 Å². The summed E-state index contributed by atoms with van der Waals surface area (Å²) in [7, 11) is 0. The maximum atomic E-state index is 12.0. The molecule has 1 saturated carbocycles. The normalized spacial score (nSPS) is 26.9. The molecule has 1 amide bonds. The van der Waals surface area contributed by atoms with E-state index in [0.717, 1.165) is 25.9 Å². The van der Waals surface area contributed by atoms with Crippen molar-refractivity contribution in [3.63, 3.8) is 0 Å². The predicted octanol–water partition coefficient (Wildman–Crippen LogP) is 2.05. The summed E-state index contributed by atoms with van der Waals surface area (Å²) in [6, 6.07) is 10.8. The summed E-state index contributed by atoms with van der Waals surface area (Å²) in [5.74, 6) is 1.34. The summed E-state index contributed by atoms with van der Waals surface area (Å²) >= 11 is 0. The third-order valence-corrected chi connectivity index (χ3v) is 4.23. The van der Waals surface area contributed by atoms with Crippen molar-refractivity contribution < 1.29 is 4.79 Å². The second-order valence-electron chi connectivity index (χ2n) is 5.83. The van der Waals surface area contributed by atoms with Crippen LogP contribution in [-0.4, -0.2) is 25.0 Å². The van der Waals surface area contributed by atoms with Crippen molar-refractivity contribution in [3.8, 4) is 0 Å². The molecule has 2 N–H and O–H groups in total. The van der Waals surface area contributed by atoms with Gasteiger partial charge in [-0.25, -0.2) is 0 Å². The van der Waals surface area contributed by atoms with Crippen molar-refractivity contribution >= 4 is 5.91 Å². The third-order valence-electron chi connectivity index (χ3n) is 4.23. The number of carbonyl (C=O) groups excluding carboxylic acids is 1. The Bertz CT molecular complexity index is 428. The first-order chi connectivity index (χ1) is 9.33. The highest BCUT2D eigenvalue weighted by Crippen LogP contribution is 2.32. The Labute approximate surface area is 114 Å². The van der Waals surface area contributed by atoms with Gasteiger partial charge in [-0.1, -0.05) is 30.3 Å². The lowest BCUT2D eigenvalue weighted by molar-refractivity contribution is -0.122. The van der Waals surface area contributed by atoms with Crippen LogP contribution in [-0.2, 0) is 4.79 Å². The second kappa shape index (κ2) is 5.74. The van der Waals surface area contributed by atoms with Gasteiger partial charge in [0, 0.05) is 24.9 Å². The lowest BCUT2D eigenvalue weighted by Crippen LogP contribution is -2.50. The quantitative estimate of drug-likeness (QED) is 0.868. The van der Waals surface area contributed by atoms with E-state index in [4.69, 9.17) is 0 Å². The lowest BCUT2D eigenvalue weighted by Gasteiger charge is -2.33. The molecule has 3 rings (SSSR count). The average Bonchev–Trinajstić information content (AvgIpc) is 3.24. The van der Waals surface area contributed by atoms with E-state index in [2.05, 4.69) is 34.9 Å². The molecular formula is C16H22N2O. The van der Waals surface area contributed by atoms with Gasteiger partial charge in [-0.3, -0.25) is 4.79 Å². The lowest BCUT2D eigenvalue weighted by atomic mass is 9.86. The van der Waals surface area contributed by atoms with Crippen LogP contribution in [0.5, 0.6) is 0 Å². The first-order valence-corrected chi connectivity index (χ1v) is 7.38. The number of carbonyl (C=O) groups is 1. The molecule has 1 aromatic carbocycles. The van der Waals surface area contributed by atoms with Gasteiger partial charge >= 0.3 is 0 Å². The maximum absolute atomic E-state index is 12.0. The van der Waals surface area contributed by atoms with Gasteiger partial charge in [-0.2, -0.15) is 0 Å². The summed E-state index contributed by atoms with van der Waals surface area (Å²) in [6.45, 7) is 1.92. The standard InChI is InChI=1S/C16H22N2O/c19-16(10-12-6-7-12)18-15-11-17-9-8-14(15)13-4-2-1-3-5-13/h1-5,12,14-15,17H,6-11H2,(H,18,19). The Balaban J connectivity index is 1.64. The molecule has 1 aromatic rings. The predicted molar refractivity (Wildman–Crippen MR) is 75.9 cm³/mol. The van der Waals surface area contributed by atoms with Crippen molar-refractivity contribution in [2.75, 3.05) is 13.1 Å². The molecule has 1 heterocycles. The Hall–Kier alpha value is -1.35. The van der Waals surface area contributed by atoms with Gasteiger partial charge in [-0.05, 0) is 37.3 Å². The SMILES string of the molecule is O=C(CC1CC1)NC1CNCCC1c1ccccc1. The fourth-order valence-corrected chi connectivity index (χ4v) is 2.96. The fourth-order valence-electron chi connectivity index (χ4n) is 2.96. The molecule has 1 saturated heterocycles. The van der Waals surface area contributed by atoms with Crippen molar-refractivity contribution in [3.05, 3.63) is 35.9 Å². The van der Waals surface area contributed by atoms with Crippen LogP contribution in [0.3, 0.4) is 0 Å². The molecule has 1 aliphatic carbocycles. The maximum Gasteiger partial charge on any atom is 0.220 e. The van der Waals surface area contributed by atoms with Gasteiger partial charge < -0.3 is 10.6 Å². The number of benzene rings is 1. The molecule has 0 aromatic heterocycles. The zero-order valence-electron chi connectivity index (χ0n) is 11.3. The van der Waals surface area contributed by atoms with Crippen LogP contribution < -0.4 is 10.6 Å². The van der Waals surface area contributed by atoms with E-state index in [1.807, 2.05) is 6.07 Å². The summed E-state index contributed by atoms with van der Waals surface area (Å²) in [5.41, 5.74) is 1.35. The van der Waals surface area contributed by atoms with Crippen LogP contribution in [0.4, 0.5) is 0 Å². The largest absolute Gasteiger partial charge is 0.351 e. The smallest absolute Gasteiger partial charge is 0.220 e. The van der Waals surface area contributed by atoms with Crippen molar-refractivity contribution in [2.24, 2.45) is 5.92 Å². The molecule has 19 heavy (non-hydrogen) atoms. The summed E-state index contributed by atoms with van der Waals surface area (Å²) in [6.07, 6.45) is 4.29. The number of amides is 1. The molecule has 0 bridgehead atoms. The van der Waals surface area contributed by atoms with Gasteiger partial charge in [0.2, 0.25) is 5.91 Å². The molecule has 2 unspecified atom stereocenters. The van der Waals surface area contributed by atoms with Gasteiger partial charge in [-0.15, -0.1) is 0 Å². The van der Waals surface area contributed by atoms with Crippen LogP contribution >= 0.6 is 0 Å². The highest BCUT2D eigenvalue weighted by molar-refractivity contribution is 5.77. The Kier molecular flexibility index (Phi) is 3.83. The zero-order chi connectivity index (χ0) is 13.1. The van der Waals surface area contributed by atoms with Crippen molar-refractivity contribution in [1.82, 2.24) is 10.6 Å². The Morgan fingerprint density at radius 3 is 2.74 bits per heavy atom. The van der Waals surface area contributed by atoms with Crippen molar-refractivity contribution in [1.29, 1.82) is 0 Å². The number of hydrogen-bond acceptors (Lipinski definition) is 2. The molecule has 3 nitrogen and oxygen atoms in total. The number of hydrogen-bond donors (Lipinski definition) is 2. The molecule has 0 radical (unpaired) electrons. The first-order valence-electron chi connectivity index (χ1n) is 7.38. The molecule has 3 heteroatoms. The van der Waals surface area contributed by atoms with Crippen LogP contribution in [0, 0.1) is 5.92 Å². The van der Waals surface area contributed by atoms with Gasteiger partial charge in [0.15, 0.2) is 0 Å². The van der Waals surface area contributed by atoms with E-state index in [1.54, 1.807) is 0 Å². The Morgan fingerprint density at radius 2 is 2.00 bits per heavy atom. The monoisotopic (exact) mass is 258 g/mol. The molecule has 102 valence electrons. The number of piperidine rings is 1. The first kappa shape index (κ1) is 12.7. The zero-order valence-corrected chi connectivity index (χ0v) is 11.3. The molecule has 1 aliphatic heterocycles. The van der Waals surface area contributed by atoms with E-state index in [-0.39, 0.29) is 11.9 Å². The fraction of sp³-hybridized carbons (Fsp3) is 0.562. The second-order valence-corrected chi connectivity index (χ2v) is 5.83. The molecular weight excluding hydrogens is 236 g/mol. The van der Waals surface area contributed by atoms with Gasteiger partial charge in [0.25, 0.3) is 0 Å². The molecule has 2 aliphatic rings. The minimum atomic E-state index is 0.233. The van der Waals surface area contributed by atoms with E-state index in [0.29, 0.717) is 11.8 Å². The highest BCUT2D eigenvalue weighted by atomic mass is 16.1. The van der Waals surface area contributed by atoms with Crippen LogP contribution in [0.1, 0.15) is 37.2 Å². The van der Waals surface area contributed by atoms with E-state index >= 15 is 0 Å². The molecule has 2 atom stereocenters. The van der Waals surface area contributed by atoms with Crippen LogP contribution in [0.2, 0.25) is 0 Å². The molecule has 0 spiro atoms. The minimum Gasteiger partial charge on any atom is -0.351 e. The topological polar surface area (TPSA) is 41.1 Å². The van der Waals surface area contributed by atoms with E-state index in [9.17, 15) is 4.79 Å². The average molecular weight is 258 g/mol. The highest BCUT2D eigenvalue weighted by Gasteiger charge is 2.30. The van der Waals surface area contributed by atoms with Crippen molar-refractivity contribution in [2.45, 2.75) is 37.6 Å². The molecule has 2 fully saturated rings. The summed E-state index contributed by atoms with van der Waals surface area (Å²) in [4.78, 5) is 12.0. The number of nitrogens with one attached hydrogen (secondary N) is 2. The van der Waals surface area contributed by atoms with Crippen LogP contribution in [0.25, 0.3) is 0 Å². The summed E-state index contributed by atoms with van der Waals surface area (Å²) in [5, 5.41) is 6.63. The third kappa shape index (κ3) is 3.35. The summed E-state index contributed by atoms with van der Waals surface area (Å²) < 4.78 is 0.